The number of carbonyl (C=O) groups is 1. The van der Waals surface area contributed by atoms with Crippen molar-refractivity contribution in [2.24, 2.45) is 5.73 Å². The van der Waals surface area contributed by atoms with Gasteiger partial charge in [-0.05, 0) is 32.9 Å². The second-order valence-corrected chi connectivity index (χ2v) is 5.37. The summed E-state index contributed by atoms with van der Waals surface area (Å²) in [5.41, 5.74) is 7.42. The summed E-state index contributed by atoms with van der Waals surface area (Å²) in [4.78, 5) is 16.8. The Balaban J connectivity index is 0.00000200. The SMILES string of the molecule is Cc1ccc2cccc(C(=O)NC(C)(C)CN)c2n1.Cl.Cl. The number of aromatic nitrogens is 1. The minimum Gasteiger partial charge on any atom is -0.346 e. The fourth-order valence-electron chi connectivity index (χ4n) is 1.85. The van der Waals surface area contributed by atoms with E-state index < -0.39 is 5.54 Å². The van der Waals surface area contributed by atoms with Gasteiger partial charge in [0.05, 0.1) is 11.1 Å². The van der Waals surface area contributed by atoms with Crippen LogP contribution in [0.15, 0.2) is 30.3 Å². The zero-order chi connectivity index (χ0) is 14.0. The second-order valence-electron chi connectivity index (χ2n) is 5.37. The molecule has 3 N–H and O–H groups in total. The third-order valence-corrected chi connectivity index (χ3v) is 3.07. The molecule has 21 heavy (non-hydrogen) atoms. The number of halogens is 2. The quantitative estimate of drug-likeness (QED) is 0.909. The Morgan fingerprint density at radius 3 is 2.52 bits per heavy atom. The number of pyridine rings is 1. The van der Waals surface area contributed by atoms with Crippen LogP contribution in [-0.2, 0) is 0 Å². The molecule has 0 radical (unpaired) electrons. The van der Waals surface area contributed by atoms with E-state index in [2.05, 4.69) is 10.3 Å². The van der Waals surface area contributed by atoms with Gasteiger partial charge in [-0.1, -0.05) is 18.2 Å². The first-order valence-electron chi connectivity index (χ1n) is 6.32. The molecular weight excluding hydrogens is 309 g/mol. The molecule has 0 fully saturated rings. The van der Waals surface area contributed by atoms with Crippen molar-refractivity contribution in [3.8, 4) is 0 Å². The van der Waals surface area contributed by atoms with Crippen molar-refractivity contribution in [3.63, 3.8) is 0 Å². The van der Waals surface area contributed by atoms with E-state index in [4.69, 9.17) is 5.73 Å². The number of amides is 1. The van der Waals surface area contributed by atoms with Gasteiger partial charge in [0.25, 0.3) is 5.91 Å². The summed E-state index contributed by atoms with van der Waals surface area (Å²) in [6, 6.07) is 9.52. The molecule has 4 nitrogen and oxygen atoms in total. The van der Waals surface area contributed by atoms with Crippen LogP contribution in [0.25, 0.3) is 10.9 Å². The van der Waals surface area contributed by atoms with E-state index in [0.717, 1.165) is 16.6 Å². The molecule has 1 aromatic heterocycles. The largest absolute Gasteiger partial charge is 0.346 e. The highest BCUT2D eigenvalue weighted by Gasteiger charge is 2.20. The summed E-state index contributed by atoms with van der Waals surface area (Å²) >= 11 is 0. The van der Waals surface area contributed by atoms with Gasteiger partial charge in [-0.3, -0.25) is 9.78 Å². The number of carbonyl (C=O) groups excluding carboxylic acids is 1. The van der Waals surface area contributed by atoms with Crippen LogP contribution in [-0.4, -0.2) is 23.0 Å². The highest BCUT2D eigenvalue weighted by Crippen LogP contribution is 2.18. The van der Waals surface area contributed by atoms with Gasteiger partial charge in [0, 0.05) is 23.2 Å². The Kier molecular flexibility index (Phi) is 7.10. The first kappa shape index (κ1) is 19.6. The molecule has 0 unspecified atom stereocenters. The molecule has 6 heteroatoms. The summed E-state index contributed by atoms with van der Waals surface area (Å²) in [7, 11) is 0. The molecule has 2 aromatic rings. The summed E-state index contributed by atoms with van der Waals surface area (Å²) in [5, 5.41) is 3.89. The molecule has 0 aliphatic heterocycles. The number of aryl methyl sites for hydroxylation is 1. The van der Waals surface area contributed by atoms with Gasteiger partial charge < -0.3 is 11.1 Å². The van der Waals surface area contributed by atoms with E-state index in [9.17, 15) is 4.79 Å². The Hall–Kier alpha value is -1.36. The molecule has 0 saturated carbocycles. The van der Waals surface area contributed by atoms with Crippen LogP contribution >= 0.6 is 24.8 Å². The van der Waals surface area contributed by atoms with Crippen molar-refractivity contribution in [2.75, 3.05) is 6.54 Å². The van der Waals surface area contributed by atoms with Gasteiger partial charge in [-0.25, -0.2) is 0 Å². The van der Waals surface area contributed by atoms with Crippen LogP contribution in [0.4, 0.5) is 0 Å². The van der Waals surface area contributed by atoms with E-state index in [1.807, 2.05) is 45.0 Å². The molecule has 0 aliphatic carbocycles. The Morgan fingerprint density at radius 2 is 1.90 bits per heavy atom. The van der Waals surface area contributed by atoms with Crippen LogP contribution in [0.1, 0.15) is 29.9 Å². The predicted molar refractivity (Wildman–Crippen MR) is 91.6 cm³/mol. The number of para-hydroxylation sites is 1. The zero-order valence-corrected chi connectivity index (χ0v) is 14.0. The smallest absolute Gasteiger partial charge is 0.253 e. The van der Waals surface area contributed by atoms with E-state index in [-0.39, 0.29) is 30.7 Å². The normalized spacial score (nSPS) is 10.5. The van der Waals surface area contributed by atoms with Crippen LogP contribution in [0.5, 0.6) is 0 Å². The number of rotatable bonds is 3. The number of benzene rings is 1. The minimum absolute atomic E-state index is 0. The fraction of sp³-hybridized carbons (Fsp3) is 0.333. The van der Waals surface area contributed by atoms with Gasteiger partial charge in [-0.2, -0.15) is 0 Å². The average Bonchev–Trinajstić information content (AvgIpc) is 2.37. The van der Waals surface area contributed by atoms with Gasteiger partial charge >= 0.3 is 0 Å². The molecule has 116 valence electrons. The Bertz CT molecular complexity index is 629. The Morgan fingerprint density at radius 1 is 1.24 bits per heavy atom. The monoisotopic (exact) mass is 329 g/mol. The number of nitrogens with one attached hydrogen (secondary N) is 1. The van der Waals surface area contributed by atoms with Crippen molar-refractivity contribution in [2.45, 2.75) is 26.3 Å². The molecule has 1 aromatic carbocycles. The van der Waals surface area contributed by atoms with Gasteiger partial charge in [-0.15, -0.1) is 24.8 Å². The molecule has 1 amide bonds. The lowest BCUT2D eigenvalue weighted by molar-refractivity contribution is 0.0917. The van der Waals surface area contributed by atoms with E-state index >= 15 is 0 Å². The van der Waals surface area contributed by atoms with E-state index in [0.29, 0.717) is 12.1 Å². The van der Waals surface area contributed by atoms with Crippen LogP contribution < -0.4 is 11.1 Å². The lowest BCUT2D eigenvalue weighted by atomic mass is 10.0. The van der Waals surface area contributed by atoms with E-state index in [1.54, 1.807) is 6.07 Å². The number of nitrogens with two attached hydrogens (primary N) is 1. The number of nitrogens with zero attached hydrogens (tertiary/aromatic N) is 1. The van der Waals surface area contributed by atoms with Crippen molar-refractivity contribution in [3.05, 3.63) is 41.6 Å². The molecule has 0 saturated heterocycles. The van der Waals surface area contributed by atoms with E-state index in [1.165, 1.54) is 0 Å². The summed E-state index contributed by atoms with van der Waals surface area (Å²) in [6.45, 7) is 6.09. The number of hydrogen-bond donors (Lipinski definition) is 2. The van der Waals surface area contributed by atoms with Gasteiger partial charge in [0.1, 0.15) is 0 Å². The third kappa shape index (κ3) is 4.56. The van der Waals surface area contributed by atoms with Crippen LogP contribution in [0.3, 0.4) is 0 Å². The Labute approximate surface area is 137 Å². The van der Waals surface area contributed by atoms with Gasteiger partial charge in [0.2, 0.25) is 0 Å². The van der Waals surface area contributed by atoms with Crippen molar-refractivity contribution in [1.29, 1.82) is 0 Å². The maximum atomic E-state index is 12.3. The van der Waals surface area contributed by atoms with Crippen molar-refractivity contribution < 1.29 is 4.79 Å². The molecule has 0 bridgehead atoms. The summed E-state index contributed by atoms with van der Waals surface area (Å²) in [6.07, 6.45) is 0. The van der Waals surface area contributed by atoms with Gasteiger partial charge in [0.15, 0.2) is 0 Å². The first-order valence-corrected chi connectivity index (χ1v) is 6.32. The van der Waals surface area contributed by atoms with Crippen molar-refractivity contribution in [1.82, 2.24) is 10.3 Å². The fourth-order valence-corrected chi connectivity index (χ4v) is 1.85. The standard InChI is InChI=1S/C15H19N3O.2ClH/c1-10-7-8-11-5-4-6-12(13(11)17-10)14(19)18-15(2,3)9-16;;/h4-8H,9,16H2,1-3H3,(H,18,19);2*1H. The highest BCUT2D eigenvalue weighted by atomic mass is 35.5. The summed E-state index contributed by atoms with van der Waals surface area (Å²) in [5.74, 6) is -0.140. The molecule has 0 atom stereocenters. The third-order valence-electron chi connectivity index (χ3n) is 3.07. The minimum atomic E-state index is -0.428. The maximum absolute atomic E-state index is 12.3. The number of hydrogen-bond acceptors (Lipinski definition) is 3. The molecule has 1 heterocycles. The van der Waals surface area contributed by atoms with Crippen LogP contribution in [0, 0.1) is 6.92 Å². The topological polar surface area (TPSA) is 68.0 Å². The second kappa shape index (κ2) is 7.59. The molecular formula is C15H21Cl2N3O. The lowest BCUT2D eigenvalue weighted by Gasteiger charge is -2.24. The van der Waals surface area contributed by atoms with Crippen LogP contribution in [0.2, 0.25) is 0 Å². The average molecular weight is 330 g/mol. The predicted octanol–water partition coefficient (Wildman–Crippen LogP) is 2.85. The molecule has 0 spiro atoms. The zero-order valence-electron chi connectivity index (χ0n) is 12.3. The molecule has 0 aliphatic rings. The van der Waals surface area contributed by atoms with Crippen molar-refractivity contribution >= 4 is 41.6 Å². The first-order chi connectivity index (χ1) is 8.93. The maximum Gasteiger partial charge on any atom is 0.253 e. The highest BCUT2D eigenvalue weighted by molar-refractivity contribution is 6.05. The molecule has 2 rings (SSSR count). The summed E-state index contributed by atoms with van der Waals surface area (Å²) < 4.78 is 0. The lowest BCUT2D eigenvalue weighted by Crippen LogP contribution is -2.48. The number of fused-ring (bicyclic) bond motifs is 1.